The maximum Gasteiger partial charge on any atom is 0.149 e. The van der Waals surface area contributed by atoms with Crippen molar-refractivity contribution in [1.29, 1.82) is 0 Å². The molecule has 0 bridgehead atoms. The van der Waals surface area contributed by atoms with E-state index in [1.54, 1.807) is 10.8 Å². The van der Waals surface area contributed by atoms with Crippen molar-refractivity contribution < 1.29 is 9.53 Å². The molecule has 0 N–H and O–H groups in total. The van der Waals surface area contributed by atoms with Gasteiger partial charge in [-0.3, -0.25) is 0 Å². The molecule has 2 fully saturated rings. The van der Waals surface area contributed by atoms with E-state index in [0.29, 0.717) is 10.5 Å². The van der Waals surface area contributed by atoms with Crippen LogP contribution >= 0.6 is 21.6 Å². The van der Waals surface area contributed by atoms with E-state index in [1.807, 2.05) is 10.8 Å². The molecule has 2 rings (SSSR count). The number of fused-ring (bicyclic) bond motifs is 1. The second-order valence-electron chi connectivity index (χ2n) is 2.13. The normalized spacial score (nSPS) is 47.8. The first-order valence-corrected chi connectivity index (χ1v) is 5.08. The molecule has 0 aliphatic carbocycles. The summed E-state index contributed by atoms with van der Waals surface area (Å²) in [6.07, 6.45) is 0.804. The Morgan fingerprint density at radius 3 is 2.78 bits per heavy atom. The van der Waals surface area contributed by atoms with E-state index in [9.17, 15) is 4.79 Å². The van der Waals surface area contributed by atoms with Crippen LogP contribution in [0.4, 0.5) is 0 Å². The molecule has 2 heterocycles. The number of carbonyl (C=O) groups is 1. The zero-order valence-electron chi connectivity index (χ0n) is 4.65. The molecule has 3 atom stereocenters. The molecule has 0 aromatic heterocycles. The van der Waals surface area contributed by atoms with Gasteiger partial charge in [-0.25, -0.2) is 0 Å². The summed E-state index contributed by atoms with van der Waals surface area (Å²) in [5, 5.41) is 1.07. The average molecular weight is 162 g/mol. The molecule has 0 saturated carbocycles. The molecule has 2 aliphatic rings. The zero-order chi connectivity index (χ0) is 6.27. The monoisotopic (exact) mass is 162 g/mol. The lowest BCUT2D eigenvalue weighted by atomic mass is 10.2. The number of rotatable bonds is 1. The van der Waals surface area contributed by atoms with Gasteiger partial charge in [0.05, 0.1) is 17.1 Å². The van der Waals surface area contributed by atoms with Gasteiger partial charge in [0.2, 0.25) is 0 Å². The minimum absolute atomic E-state index is 0.110. The lowest BCUT2D eigenvalue weighted by Crippen LogP contribution is -2.31. The van der Waals surface area contributed by atoms with Crippen LogP contribution in [-0.2, 0) is 9.53 Å². The second-order valence-corrected chi connectivity index (χ2v) is 4.82. The van der Waals surface area contributed by atoms with Crippen molar-refractivity contribution in [1.82, 2.24) is 0 Å². The first-order valence-electron chi connectivity index (χ1n) is 2.81. The van der Waals surface area contributed by atoms with Gasteiger partial charge < -0.3 is 9.53 Å². The smallest absolute Gasteiger partial charge is 0.149 e. The molecular weight excluding hydrogens is 156 g/mol. The van der Waals surface area contributed by atoms with Gasteiger partial charge >= 0.3 is 0 Å². The minimum Gasteiger partial charge on any atom is -0.368 e. The van der Waals surface area contributed by atoms with E-state index in [4.69, 9.17) is 4.74 Å². The van der Waals surface area contributed by atoms with Crippen LogP contribution in [0.15, 0.2) is 0 Å². The maximum atomic E-state index is 10.2. The molecule has 0 radical (unpaired) electrons. The molecule has 0 aromatic rings. The highest BCUT2D eigenvalue weighted by Crippen LogP contribution is 2.52. The summed E-state index contributed by atoms with van der Waals surface area (Å²) in [4.78, 5) is 10.2. The molecular formula is C5H6O2S2. The third-order valence-electron chi connectivity index (χ3n) is 1.57. The highest BCUT2D eigenvalue weighted by atomic mass is 33.1. The summed E-state index contributed by atoms with van der Waals surface area (Å²) < 4.78 is 5.18. The molecule has 0 amide bonds. The standard InChI is InChI=1S/C5H6O2S2/c6-1-3-5-4(2-7-3)8-9-5/h1,3-5H,2H2. The van der Waals surface area contributed by atoms with Crippen LogP contribution in [0.5, 0.6) is 0 Å². The van der Waals surface area contributed by atoms with Gasteiger partial charge in [0.1, 0.15) is 12.4 Å². The van der Waals surface area contributed by atoms with E-state index in [2.05, 4.69) is 0 Å². The molecule has 50 valence electrons. The highest BCUT2D eigenvalue weighted by Gasteiger charge is 2.45. The molecule has 4 heteroatoms. The third kappa shape index (κ3) is 0.808. The predicted molar refractivity (Wildman–Crippen MR) is 38.6 cm³/mol. The number of hydrogen-bond donors (Lipinski definition) is 0. The van der Waals surface area contributed by atoms with E-state index in [1.165, 1.54) is 0 Å². The van der Waals surface area contributed by atoms with Gasteiger partial charge in [-0.15, -0.1) is 0 Å². The Kier molecular flexibility index (Phi) is 1.47. The van der Waals surface area contributed by atoms with Crippen LogP contribution in [0.3, 0.4) is 0 Å². The fourth-order valence-corrected chi connectivity index (χ4v) is 3.71. The summed E-state index contributed by atoms with van der Waals surface area (Å²) in [5.74, 6) is 0. The van der Waals surface area contributed by atoms with Crippen molar-refractivity contribution in [2.75, 3.05) is 6.61 Å². The first kappa shape index (κ1) is 6.07. The van der Waals surface area contributed by atoms with Crippen molar-refractivity contribution in [3.05, 3.63) is 0 Å². The predicted octanol–water partition coefficient (Wildman–Crippen LogP) is 0.716. The number of ether oxygens (including phenoxy) is 1. The second kappa shape index (κ2) is 2.18. The van der Waals surface area contributed by atoms with Crippen LogP contribution in [0, 0.1) is 0 Å². The molecule has 2 aliphatic heterocycles. The molecule has 3 unspecified atom stereocenters. The summed E-state index contributed by atoms with van der Waals surface area (Å²) in [7, 11) is 3.60. The zero-order valence-corrected chi connectivity index (χ0v) is 6.28. The molecule has 9 heavy (non-hydrogen) atoms. The van der Waals surface area contributed by atoms with E-state index in [0.717, 1.165) is 12.9 Å². The fraction of sp³-hybridized carbons (Fsp3) is 0.800. The third-order valence-corrected chi connectivity index (χ3v) is 5.09. The highest BCUT2D eigenvalue weighted by molar-refractivity contribution is 8.80. The van der Waals surface area contributed by atoms with Crippen molar-refractivity contribution in [2.24, 2.45) is 0 Å². The minimum atomic E-state index is -0.110. The quantitative estimate of drug-likeness (QED) is 0.419. The number of carbonyl (C=O) groups excluding carboxylic acids is 1. The largest absolute Gasteiger partial charge is 0.368 e. The van der Waals surface area contributed by atoms with Crippen LogP contribution in [0.25, 0.3) is 0 Å². The van der Waals surface area contributed by atoms with Gasteiger partial charge in [-0.1, -0.05) is 21.6 Å². The summed E-state index contributed by atoms with van der Waals surface area (Å²) in [6, 6.07) is 0. The van der Waals surface area contributed by atoms with E-state index < -0.39 is 0 Å². The van der Waals surface area contributed by atoms with Crippen molar-refractivity contribution in [3.8, 4) is 0 Å². The SMILES string of the molecule is O=CC1OCC2SSC12. The lowest BCUT2D eigenvalue weighted by molar-refractivity contribution is -0.115. The van der Waals surface area contributed by atoms with Gasteiger partial charge in [-0.05, 0) is 0 Å². The molecule has 2 nitrogen and oxygen atoms in total. The average Bonchev–Trinajstić information content (AvgIpc) is 2.07. The Morgan fingerprint density at radius 2 is 2.44 bits per heavy atom. The molecule has 0 spiro atoms. The molecule has 2 saturated heterocycles. The van der Waals surface area contributed by atoms with Crippen LogP contribution in [0.1, 0.15) is 0 Å². The number of hydrogen-bond acceptors (Lipinski definition) is 4. The Hall–Kier alpha value is 0.330. The number of aldehydes is 1. The van der Waals surface area contributed by atoms with Gasteiger partial charge in [0, 0.05) is 0 Å². The van der Waals surface area contributed by atoms with Crippen molar-refractivity contribution in [2.45, 2.75) is 16.6 Å². The van der Waals surface area contributed by atoms with E-state index in [-0.39, 0.29) is 6.10 Å². The summed E-state index contributed by atoms with van der Waals surface area (Å²) >= 11 is 0. The lowest BCUT2D eigenvalue weighted by Gasteiger charge is -2.27. The summed E-state index contributed by atoms with van der Waals surface area (Å²) in [6.45, 7) is 0.770. The Bertz CT molecular complexity index is 139. The van der Waals surface area contributed by atoms with Gasteiger partial charge in [0.25, 0.3) is 0 Å². The Balaban J connectivity index is 2.04. The Labute approximate surface area is 61.1 Å². The fourth-order valence-electron chi connectivity index (χ4n) is 1.00. The van der Waals surface area contributed by atoms with E-state index >= 15 is 0 Å². The maximum absolute atomic E-state index is 10.2. The van der Waals surface area contributed by atoms with Gasteiger partial charge in [-0.2, -0.15) is 0 Å². The van der Waals surface area contributed by atoms with Crippen LogP contribution in [-0.4, -0.2) is 29.5 Å². The van der Waals surface area contributed by atoms with Crippen LogP contribution in [0.2, 0.25) is 0 Å². The molecule has 0 aromatic carbocycles. The topological polar surface area (TPSA) is 26.3 Å². The van der Waals surface area contributed by atoms with Gasteiger partial charge in [0.15, 0.2) is 0 Å². The first-order chi connectivity index (χ1) is 4.42. The summed E-state index contributed by atoms with van der Waals surface area (Å²) in [5.41, 5.74) is 0. The van der Waals surface area contributed by atoms with Crippen LogP contribution < -0.4 is 0 Å². The van der Waals surface area contributed by atoms with Crippen molar-refractivity contribution >= 4 is 27.9 Å². The van der Waals surface area contributed by atoms with Crippen molar-refractivity contribution in [3.63, 3.8) is 0 Å². The Morgan fingerprint density at radius 1 is 1.56 bits per heavy atom.